The van der Waals surface area contributed by atoms with Gasteiger partial charge in [-0.25, -0.2) is 4.98 Å². The van der Waals surface area contributed by atoms with Gasteiger partial charge in [0, 0.05) is 18.3 Å². The van der Waals surface area contributed by atoms with Gasteiger partial charge in [0.1, 0.15) is 10.9 Å². The zero-order valence-corrected chi connectivity index (χ0v) is 13.8. The summed E-state index contributed by atoms with van der Waals surface area (Å²) in [5.74, 6) is 0.0273. The average Bonchev–Trinajstić information content (AvgIpc) is 3.21. The predicted molar refractivity (Wildman–Crippen MR) is 89.4 cm³/mol. The maximum absolute atomic E-state index is 11.9. The molecule has 1 unspecified atom stereocenters. The Morgan fingerprint density at radius 2 is 2.00 bits per heavy atom. The maximum atomic E-state index is 11.9. The largest absolute Gasteiger partial charge is 0.473 e. The molecule has 2 aromatic rings. The predicted octanol–water partition coefficient (Wildman–Crippen LogP) is 3.47. The molecule has 0 aliphatic heterocycles. The van der Waals surface area contributed by atoms with Crippen LogP contribution in [0.4, 0.5) is 0 Å². The number of nitrogens with zero attached hydrogens (tertiary/aromatic N) is 1. The van der Waals surface area contributed by atoms with E-state index in [1.165, 1.54) is 0 Å². The van der Waals surface area contributed by atoms with Crippen molar-refractivity contribution >= 4 is 29.1 Å². The Morgan fingerprint density at radius 3 is 2.70 bits per heavy atom. The second kappa shape index (κ2) is 6.77. The molecule has 1 atom stereocenters. The normalized spacial score (nSPS) is 18.3. The molecule has 0 saturated heterocycles. The first-order valence-corrected chi connectivity index (χ1v) is 8.08. The van der Waals surface area contributed by atoms with E-state index >= 15 is 0 Å². The molecule has 1 aromatic heterocycles. The molecular formula is C17H16Cl2N2O2. The first-order valence-electron chi connectivity index (χ1n) is 7.32. The molecule has 1 N–H and O–H groups in total. The zero-order chi connectivity index (χ0) is 16.3. The molecule has 4 nitrogen and oxygen atoms in total. The SMILES string of the molecule is O=C(NCc1cccnc1OCc1ccccc1)C1CC1(Cl)Cl. The van der Waals surface area contributed by atoms with Gasteiger partial charge in [-0.3, -0.25) is 4.79 Å². The van der Waals surface area contributed by atoms with Gasteiger partial charge in [-0.2, -0.15) is 0 Å². The number of halogens is 2. The van der Waals surface area contributed by atoms with Crippen LogP contribution in [-0.4, -0.2) is 15.2 Å². The van der Waals surface area contributed by atoms with E-state index in [9.17, 15) is 4.79 Å². The van der Waals surface area contributed by atoms with Crippen molar-refractivity contribution in [2.45, 2.75) is 23.9 Å². The number of aromatic nitrogens is 1. The fraction of sp³-hybridized carbons (Fsp3) is 0.294. The van der Waals surface area contributed by atoms with Crippen LogP contribution in [0.2, 0.25) is 0 Å². The lowest BCUT2D eigenvalue weighted by atomic mass is 10.2. The fourth-order valence-corrected chi connectivity index (χ4v) is 2.72. The third-order valence-electron chi connectivity index (χ3n) is 3.66. The van der Waals surface area contributed by atoms with E-state index in [4.69, 9.17) is 27.9 Å². The van der Waals surface area contributed by atoms with Crippen LogP contribution in [0.25, 0.3) is 0 Å². The van der Waals surface area contributed by atoms with E-state index < -0.39 is 4.33 Å². The summed E-state index contributed by atoms with van der Waals surface area (Å²) in [6.07, 6.45) is 2.15. The van der Waals surface area contributed by atoms with Gasteiger partial charge >= 0.3 is 0 Å². The summed E-state index contributed by atoms with van der Waals surface area (Å²) < 4.78 is 4.85. The monoisotopic (exact) mass is 350 g/mol. The number of ether oxygens (including phenoxy) is 1. The van der Waals surface area contributed by atoms with Gasteiger partial charge in [0.2, 0.25) is 11.8 Å². The summed E-state index contributed by atoms with van der Waals surface area (Å²) >= 11 is 11.8. The van der Waals surface area contributed by atoms with Crippen molar-refractivity contribution in [3.05, 3.63) is 59.8 Å². The van der Waals surface area contributed by atoms with Gasteiger partial charge in [-0.1, -0.05) is 36.4 Å². The second-order valence-corrected chi connectivity index (χ2v) is 7.02. The highest BCUT2D eigenvalue weighted by molar-refractivity contribution is 6.52. The number of hydrogen-bond donors (Lipinski definition) is 1. The molecule has 1 heterocycles. The van der Waals surface area contributed by atoms with Crippen molar-refractivity contribution < 1.29 is 9.53 Å². The van der Waals surface area contributed by atoms with Crippen molar-refractivity contribution in [3.63, 3.8) is 0 Å². The molecule has 0 radical (unpaired) electrons. The van der Waals surface area contributed by atoms with Crippen molar-refractivity contribution in [2.75, 3.05) is 0 Å². The van der Waals surface area contributed by atoms with Crippen LogP contribution in [0.3, 0.4) is 0 Å². The highest BCUT2D eigenvalue weighted by atomic mass is 35.5. The Morgan fingerprint density at radius 1 is 1.26 bits per heavy atom. The number of amides is 1. The third-order valence-corrected chi connectivity index (χ3v) is 4.50. The van der Waals surface area contributed by atoms with Crippen LogP contribution in [0.1, 0.15) is 17.5 Å². The lowest BCUT2D eigenvalue weighted by molar-refractivity contribution is -0.122. The van der Waals surface area contributed by atoms with E-state index in [0.717, 1.165) is 11.1 Å². The topological polar surface area (TPSA) is 51.2 Å². The van der Waals surface area contributed by atoms with Gasteiger partial charge in [-0.05, 0) is 18.1 Å². The van der Waals surface area contributed by atoms with Gasteiger partial charge < -0.3 is 10.1 Å². The minimum absolute atomic E-state index is 0.145. The molecule has 6 heteroatoms. The highest BCUT2D eigenvalue weighted by Crippen LogP contribution is 2.53. The van der Waals surface area contributed by atoms with Crippen molar-refractivity contribution in [1.29, 1.82) is 0 Å². The van der Waals surface area contributed by atoms with Gasteiger partial charge in [0.25, 0.3) is 0 Å². The van der Waals surface area contributed by atoms with Crippen molar-refractivity contribution in [3.8, 4) is 5.88 Å². The van der Waals surface area contributed by atoms with E-state index in [1.54, 1.807) is 12.3 Å². The van der Waals surface area contributed by atoms with E-state index in [1.807, 2.05) is 36.4 Å². The molecule has 1 aromatic carbocycles. The molecular weight excluding hydrogens is 335 g/mol. The van der Waals surface area contributed by atoms with Crippen molar-refractivity contribution in [2.24, 2.45) is 5.92 Å². The smallest absolute Gasteiger partial charge is 0.226 e. The quantitative estimate of drug-likeness (QED) is 0.811. The number of alkyl halides is 2. The Hall–Kier alpha value is -1.78. The minimum Gasteiger partial charge on any atom is -0.473 e. The molecule has 0 spiro atoms. The standard InChI is InChI=1S/C17H16Cl2N2O2/c18-17(19)9-14(17)15(22)21-10-13-7-4-8-20-16(13)23-11-12-5-2-1-3-6-12/h1-8,14H,9-11H2,(H,21,22). The summed E-state index contributed by atoms with van der Waals surface area (Å²) in [7, 11) is 0. The minimum atomic E-state index is -0.911. The highest BCUT2D eigenvalue weighted by Gasteiger charge is 2.56. The van der Waals surface area contributed by atoms with Crippen LogP contribution in [-0.2, 0) is 17.9 Å². The third kappa shape index (κ3) is 4.15. The molecule has 1 amide bonds. The van der Waals surface area contributed by atoms with Crippen LogP contribution in [0.5, 0.6) is 5.88 Å². The number of carbonyl (C=O) groups is 1. The summed E-state index contributed by atoms with van der Waals surface area (Å²) in [4.78, 5) is 16.2. The number of benzene rings is 1. The molecule has 1 aliphatic rings. The number of rotatable bonds is 6. The molecule has 3 rings (SSSR count). The second-order valence-electron chi connectivity index (χ2n) is 5.48. The molecule has 0 bridgehead atoms. The maximum Gasteiger partial charge on any atom is 0.226 e. The Labute approximate surface area is 144 Å². The molecule has 23 heavy (non-hydrogen) atoms. The fourth-order valence-electron chi connectivity index (χ4n) is 2.22. The first kappa shape index (κ1) is 16.1. The first-order chi connectivity index (χ1) is 11.1. The number of nitrogens with one attached hydrogen (secondary N) is 1. The van der Waals surface area contributed by atoms with E-state index in [-0.39, 0.29) is 11.8 Å². The van der Waals surface area contributed by atoms with Crippen LogP contribution in [0.15, 0.2) is 48.7 Å². The lowest BCUT2D eigenvalue weighted by Gasteiger charge is -2.11. The molecule has 1 saturated carbocycles. The van der Waals surface area contributed by atoms with Crippen LogP contribution >= 0.6 is 23.2 Å². The zero-order valence-electron chi connectivity index (χ0n) is 12.3. The number of hydrogen-bond acceptors (Lipinski definition) is 3. The Kier molecular flexibility index (Phi) is 4.74. The lowest BCUT2D eigenvalue weighted by Crippen LogP contribution is -2.26. The van der Waals surface area contributed by atoms with E-state index in [0.29, 0.717) is 25.5 Å². The summed E-state index contributed by atoms with van der Waals surface area (Å²) in [5, 5.41) is 2.83. The van der Waals surface area contributed by atoms with Gasteiger partial charge in [0.15, 0.2) is 0 Å². The summed E-state index contributed by atoms with van der Waals surface area (Å²) in [6.45, 7) is 0.755. The van der Waals surface area contributed by atoms with Gasteiger partial charge in [-0.15, -0.1) is 23.2 Å². The van der Waals surface area contributed by atoms with Crippen molar-refractivity contribution in [1.82, 2.24) is 10.3 Å². The van der Waals surface area contributed by atoms with Crippen LogP contribution < -0.4 is 10.1 Å². The Balaban J connectivity index is 1.58. The summed E-state index contributed by atoms with van der Waals surface area (Å²) in [5.41, 5.74) is 1.87. The molecule has 120 valence electrons. The average molecular weight is 351 g/mol. The summed E-state index contributed by atoms with van der Waals surface area (Å²) in [6, 6.07) is 13.5. The number of carbonyl (C=O) groups excluding carboxylic acids is 1. The van der Waals surface area contributed by atoms with Crippen LogP contribution in [0, 0.1) is 5.92 Å². The van der Waals surface area contributed by atoms with Gasteiger partial charge in [0.05, 0.1) is 5.92 Å². The number of pyridine rings is 1. The van der Waals surface area contributed by atoms with E-state index in [2.05, 4.69) is 10.3 Å². The molecule has 1 aliphatic carbocycles. The Bertz CT molecular complexity index is 692. The molecule has 1 fully saturated rings.